The van der Waals surface area contributed by atoms with Crippen LogP contribution in [0.2, 0.25) is 0 Å². The Hall–Kier alpha value is -1.55. The van der Waals surface area contributed by atoms with E-state index in [4.69, 9.17) is 0 Å². The molecular formula is C12H11N2OS+. The largest absolute Gasteiger partial charge is 0.501 e. The molecule has 4 heteroatoms. The van der Waals surface area contributed by atoms with Gasteiger partial charge in [0.2, 0.25) is 10.8 Å². The van der Waals surface area contributed by atoms with Crippen molar-refractivity contribution < 1.29 is 9.67 Å². The second-order valence-corrected chi connectivity index (χ2v) is 4.72. The third-order valence-electron chi connectivity index (χ3n) is 2.61. The fourth-order valence-electron chi connectivity index (χ4n) is 1.89. The molecular weight excluding hydrogens is 220 g/mol. The molecule has 1 aliphatic rings. The predicted molar refractivity (Wildman–Crippen MR) is 62.3 cm³/mol. The Morgan fingerprint density at radius 1 is 1.25 bits per heavy atom. The van der Waals surface area contributed by atoms with E-state index in [1.54, 1.807) is 11.8 Å². The van der Waals surface area contributed by atoms with Gasteiger partial charge in [0.15, 0.2) is 6.20 Å². The van der Waals surface area contributed by atoms with Gasteiger partial charge in [0.1, 0.15) is 6.54 Å². The summed E-state index contributed by atoms with van der Waals surface area (Å²) in [4.78, 5) is 4.32. The van der Waals surface area contributed by atoms with Gasteiger partial charge >= 0.3 is 5.82 Å². The molecule has 0 bridgehead atoms. The number of benzene rings is 1. The van der Waals surface area contributed by atoms with E-state index >= 15 is 0 Å². The van der Waals surface area contributed by atoms with Gasteiger partial charge in [0.05, 0.1) is 5.56 Å². The average Bonchev–Trinajstić information content (AvgIpc) is 2.81. The predicted octanol–water partition coefficient (Wildman–Crippen LogP) is 1.85. The molecule has 1 aromatic heterocycles. The topological polar surface area (TPSA) is 37.0 Å². The fraction of sp³-hybridized carbons (Fsp3) is 0.167. The van der Waals surface area contributed by atoms with E-state index < -0.39 is 0 Å². The fourth-order valence-corrected chi connectivity index (χ4v) is 2.89. The van der Waals surface area contributed by atoms with Crippen molar-refractivity contribution in [3.8, 4) is 17.1 Å². The van der Waals surface area contributed by atoms with Crippen molar-refractivity contribution in [2.75, 3.05) is 5.75 Å². The Morgan fingerprint density at radius 2 is 2.06 bits per heavy atom. The zero-order valence-electron chi connectivity index (χ0n) is 8.63. The van der Waals surface area contributed by atoms with Crippen LogP contribution in [0, 0.1) is 0 Å². The first kappa shape index (κ1) is 9.66. The highest BCUT2D eigenvalue weighted by molar-refractivity contribution is 7.99. The number of rotatable bonds is 1. The van der Waals surface area contributed by atoms with Crippen LogP contribution in [0.1, 0.15) is 0 Å². The van der Waals surface area contributed by atoms with Crippen molar-refractivity contribution in [3.63, 3.8) is 0 Å². The van der Waals surface area contributed by atoms with Crippen molar-refractivity contribution in [1.29, 1.82) is 0 Å². The van der Waals surface area contributed by atoms with E-state index in [1.807, 2.05) is 30.3 Å². The molecule has 0 saturated heterocycles. The molecule has 0 atom stereocenters. The van der Waals surface area contributed by atoms with E-state index in [0.717, 1.165) is 28.7 Å². The molecule has 3 rings (SSSR count). The van der Waals surface area contributed by atoms with Crippen LogP contribution in [0.4, 0.5) is 0 Å². The summed E-state index contributed by atoms with van der Waals surface area (Å²) in [5.74, 6) is 2.21. The Balaban J connectivity index is 2.20. The standard InChI is InChI=1S/C12H10N2OS/c15-10-8-13-11(9-4-2-1-3-5-9)14-6-7-16-12(10)14/h1-5,8H,6-7H2/p+1. The van der Waals surface area contributed by atoms with Crippen LogP contribution >= 0.6 is 11.8 Å². The van der Waals surface area contributed by atoms with E-state index in [9.17, 15) is 5.11 Å². The number of thioether (sulfide) groups is 1. The third-order valence-corrected chi connectivity index (χ3v) is 3.70. The summed E-state index contributed by atoms with van der Waals surface area (Å²) in [6.45, 7) is 0.908. The molecule has 2 heterocycles. The highest BCUT2D eigenvalue weighted by Crippen LogP contribution is 2.29. The normalized spacial score (nSPS) is 13.8. The molecule has 80 valence electrons. The van der Waals surface area contributed by atoms with Crippen LogP contribution in [-0.4, -0.2) is 15.8 Å². The van der Waals surface area contributed by atoms with E-state index in [0.29, 0.717) is 0 Å². The van der Waals surface area contributed by atoms with Gasteiger partial charge in [0.25, 0.3) is 0 Å². The van der Waals surface area contributed by atoms with Gasteiger partial charge in [-0.2, -0.15) is 0 Å². The van der Waals surface area contributed by atoms with Crippen LogP contribution in [0.15, 0.2) is 41.6 Å². The van der Waals surface area contributed by atoms with Crippen LogP contribution in [0.25, 0.3) is 11.4 Å². The Bertz CT molecular complexity index is 528. The smallest absolute Gasteiger partial charge is 0.331 e. The lowest BCUT2D eigenvalue weighted by Gasteiger charge is -2.01. The van der Waals surface area contributed by atoms with E-state index in [1.165, 1.54) is 6.20 Å². The minimum atomic E-state index is 0.280. The number of aromatic hydroxyl groups is 1. The maximum absolute atomic E-state index is 9.70. The van der Waals surface area contributed by atoms with Crippen LogP contribution in [0.5, 0.6) is 5.75 Å². The first-order valence-electron chi connectivity index (χ1n) is 5.16. The second kappa shape index (κ2) is 3.79. The molecule has 0 spiro atoms. The van der Waals surface area contributed by atoms with Gasteiger partial charge in [-0.25, -0.2) is 4.57 Å². The van der Waals surface area contributed by atoms with Gasteiger partial charge in [-0.05, 0) is 17.1 Å². The molecule has 0 unspecified atom stereocenters. The van der Waals surface area contributed by atoms with Crippen molar-refractivity contribution in [3.05, 3.63) is 36.5 Å². The first-order valence-corrected chi connectivity index (χ1v) is 6.15. The number of hydrogen-bond donors (Lipinski definition) is 1. The monoisotopic (exact) mass is 231 g/mol. The molecule has 2 aromatic rings. The summed E-state index contributed by atoms with van der Waals surface area (Å²) < 4.78 is 2.08. The molecule has 0 fully saturated rings. The summed E-state index contributed by atoms with van der Waals surface area (Å²) >= 11 is 1.68. The van der Waals surface area contributed by atoms with Crippen molar-refractivity contribution >= 4 is 11.8 Å². The van der Waals surface area contributed by atoms with Gasteiger partial charge < -0.3 is 5.11 Å². The molecule has 16 heavy (non-hydrogen) atoms. The van der Waals surface area contributed by atoms with E-state index in [-0.39, 0.29) is 5.75 Å². The molecule has 1 aliphatic heterocycles. The van der Waals surface area contributed by atoms with Crippen molar-refractivity contribution in [2.24, 2.45) is 0 Å². The van der Waals surface area contributed by atoms with E-state index in [2.05, 4.69) is 9.55 Å². The first-order chi connectivity index (χ1) is 7.86. The van der Waals surface area contributed by atoms with Gasteiger partial charge in [0, 0.05) is 5.75 Å². The zero-order valence-corrected chi connectivity index (χ0v) is 9.44. The number of aromatic nitrogens is 2. The lowest BCUT2D eigenvalue weighted by Crippen LogP contribution is -2.36. The molecule has 1 N–H and O–H groups in total. The van der Waals surface area contributed by atoms with Gasteiger partial charge in [-0.1, -0.05) is 30.0 Å². The minimum absolute atomic E-state index is 0.280. The Labute approximate surface area is 97.8 Å². The quantitative estimate of drug-likeness (QED) is 0.601. The molecule has 0 amide bonds. The van der Waals surface area contributed by atoms with Crippen molar-refractivity contribution in [2.45, 2.75) is 11.6 Å². The Kier molecular flexibility index (Phi) is 2.29. The lowest BCUT2D eigenvalue weighted by molar-refractivity contribution is -0.715. The maximum atomic E-state index is 9.70. The van der Waals surface area contributed by atoms with Gasteiger partial charge in [-0.3, -0.25) is 0 Å². The van der Waals surface area contributed by atoms with Gasteiger partial charge in [-0.15, -0.1) is 0 Å². The molecule has 0 aliphatic carbocycles. The zero-order chi connectivity index (χ0) is 11.0. The van der Waals surface area contributed by atoms with Crippen LogP contribution < -0.4 is 4.57 Å². The molecule has 0 radical (unpaired) electrons. The summed E-state index contributed by atoms with van der Waals surface area (Å²) in [5, 5.41) is 10.6. The number of fused-ring (bicyclic) bond motifs is 1. The highest BCUT2D eigenvalue weighted by Gasteiger charge is 2.27. The summed E-state index contributed by atoms with van der Waals surface area (Å²) in [7, 11) is 0. The molecule has 1 aromatic carbocycles. The Morgan fingerprint density at radius 3 is 2.88 bits per heavy atom. The summed E-state index contributed by atoms with van der Waals surface area (Å²) in [6, 6.07) is 10.1. The minimum Gasteiger partial charge on any atom is -0.501 e. The second-order valence-electron chi connectivity index (χ2n) is 3.64. The third kappa shape index (κ3) is 1.46. The van der Waals surface area contributed by atoms with Crippen molar-refractivity contribution in [1.82, 2.24) is 4.98 Å². The SMILES string of the molecule is Oc1cnc(-c2ccccc2)[n+]2c1SCC2. The summed E-state index contributed by atoms with van der Waals surface area (Å²) in [5.41, 5.74) is 1.09. The highest BCUT2D eigenvalue weighted by atomic mass is 32.2. The molecule has 3 nitrogen and oxygen atoms in total. The molecule has 0 saturated carbocycles. The summed E-state index contributed by atoms with van der Waals surface area (Å²) in [6.07, 6.45) is 1.53. The lowest BCUT2D eigenvalue weighted by atomic mass is 10.2. The number of hydrogen-bond acceptors (Lipinski definition) is 3. The van der Waals surface area contributed by atoms with Crippen LogP contribution in [0.3, 0.4) is 0 Å². The number of nitrogens with zero attached hydrogens (tertiary/aromatic N) is 2. The van der Waals surface area contributed by atoms with Crippen LogP contribution in [-0.2, 0) is 6.54 Å². The maximum Gasteiger partial charge on any atom is 0.331 e. The average molecular weight is 231 g/mol.